The monoisotopic (exact) mass is 430 g/mol. The second-order valence-electron chi connectivity index (χ2n) is 5.29. The molecule has 146 valence electrons. The summed E-state index contributed by atoms with van der Waals surface area (Å²) in [7, 11) is 0. The van der Waals surface area contributed by atoms with Gasteiger partial charge in [-0.15, -0.1) is 11.6 Å². The molecular weight excluding hydrogens is 421 g/mol. The van der Waals surface area contributed by atoms with Crippen LogP contribution in [0, 0.1) is 34.9 Å². The van der Waals surface area contributed by atoms with E-state index in [4.69, 9.17) is 23.2 Å². The van der Waals surface area contributed by atoms with Crippen molar-refractivity contribution >= 4 is 29.2 Å². The van der Waals surface area contributed by atoms with Crippen LogP contribution in [0.15, 0.2) is 12.1 Å². The predicted molar refractivity (Wildman–Crippen MR) is 86.6 cm³/mol. The van der Waals surface area contributed by atoms with Gasteiger partial charge in [0.1, 0.15) is 11.2 Å². The van der Waals surface area contributed by atoms with Crippen molar-refractivity contribution in [1.82, 2.24) is 0 Å². The highest BCUT2D eigenvalue weighted by Gasteiger charge is 2.29. The molecule has 0 saturated carbocycles. The number of esters is 1. The lowest BCUT2D eigenvalue weighted by molar-refractivity contribution is -0.142. The molecule has 0 aromatic heterocycles. The van der Waals surface area contributed by atoms with Gasteiger partial charge in [-0.25, -0.2) is 26.3 Å². The van der Waals surface area contributed by atoms with Crippen molar-refractivity contribution in [3.05, 3.63) is 57.6 Å². The summed E-state index contributed by atoms with van der Waals surface area (Å²) in [5.41, 5.74) is -2.43. The lowest BCUT2D eigenvalue weighted by atomic mass is 9.98. The largest absolute Gasteiger partial charge is 0.465 e. The van der Waals surface area contributed by atoms with Crippen LogP contribution >= 0.6 is 23.2 Å². The molecule has 0 spiro atoms. The van der Waals surface area contributed by atoms with Crippen molar-refractivity contribution in [1.29, 1.82) is 0 Å². The Morgan fingerprint density at radius 2 is 1.52 bits per heavy atom. The Balaban J connectivity index is 2.59. The highest BCUT2D eigenvalue weighted by molar-refractivity contribution is 6.32. The summed E-state index contributed by atoms with van der Waals surface area (Å²) in [6.45, 7) is 1.57. The number of rotatable bonds is 5. The standard InChI is InChI=1S/C17H10Cl2F6O2/c1-2-27-17(26)9(19)4-6-3-7(10(20)5-8(6)18)11-12(21)14(23)16(25)15(24)13(11)22/h3,5,9H,2,4H2,1H3/t9-/m1/s1. The number of ether oxygens (including phenoxy) is 1. The third-order valence-corrected chi connectivity index (χ3v) is 4.24. The third kappa shape index (κ3) is 4.16. The molecule has 2 aromatic rings. The van der Waals surface area contributed by atoms with Crippen LogP contribution in [0.1, 0.15) is 12.5 Å². The highest BCUT2D eigenvalue weighted by Crippen LogP contribution is 2.36. The Morgan fingerprint density at radius 1 is 1.00 bits per heavy atom. The zero-order valence-corrected chi connectivity index (χ0v) is 15.0. The van der Waals surface area contributed by atoms with Crippen LogP contribution in [0.25, 0.3) is 11.1 Å². The van der Waals surface area contributed by atoms with Crippen LogP contribution in [0.5, 0.6) is 0 Å². The molecule has 2 rings (SSSR count). The molecule has 0 aliphatic carbocycles. The van der Waals surface area contributed by atoms with Gasteiger partial charge >= 0.3 is 5.97 Å². The number of alkyl halides is 1. The van der Waals surface area contributed by atoms with Crippen molar-refractivity contribution in [2.24, 2.45) is 0 Å². The van der Waals surface area contributed by atoms with E-state index >= 15 is 0 Å². The second kappa shape index (κ2) is 8.39. The molecule has 0 radical (unpaired) electrons. The van der Waals surface area contributed by atoms with Crippen LogP contribution in [0.2, 0.25) is 5.02 Å². The molecule has 0 heterocycles. The van der Waals surface area contributed by atoms with Crippen LogP contribution in [0.4, 0.5) is 26.3 Å². The van der Waals surface area contributed by atoms with Gasteiger partial charge in [0.15, 0.2) is 23.3 Å². The quantitative estimate of drug-likeness (QED) is 0.204. The average Bonchev–Trinajstić information content (AvgIpc) is 2.62. The van der Waals surface area contributed by atoms with E-state index < -0.39 is 57.4 Å². The first-order chi connectivity index (χ1) is 12.6. The zero-order chi connectivity index (χ0) is 20.5. The Morgan fingerprint density at radius 3 is 2.04 bits per heavy atom. The van der Waals surface area contributed by atoms with E-state index in [1.165, 1.54) is 6.92 Å². The molecule has 1 atom stereocenters. The van der Waals surface area contributed by atoms with Crippen molar-refractivity contribution < 1.29 is 35.9 Å². The van der Waals surface area contributed by atoms with E-state index in [1.807, 2.05) is 0 Å². The van der Waals surface area contributed by atoms with E-state index in [9.17, 15) is 31.1 Å². The zero-order valence-electron chi connectivity index (χ0n) is 13.5. The van der Waals surface area contributed by atoms with Gasteiger partial charge in [0.05, 0.1) is 12.2 Å². The number of hydrogen-bond donors (Lipinski definition) is 0. The molecule has 0 unspecified atom stereocenters. The smallest absolute Gasteiger partial charge is 0.324 e. The summed E-state index contributed by atoms with van der Waals surface area (Å²) in [5, 5.41) is -1.52. The maximum Gasteiger partial charge on any atom is 0.324 e. The van der Waals surface area contributed by atoms with Gasteiger partial charge in [-0.3, -0.25) is 4.79 Å². The minimum absolute atomic E-state index is 0.0367. The Bertz CT molecular complexity index is 875. The number of hydrogen-bond acceptors (Lipinski definition) is 2. The molecule has 0 aliphatic heterocycles. The van der Waals surface area contributed by atoms with Gasteiger partial charge in [0.2, 0.25) is 5.82 Å². The van der Waals surface area contributed by atoms with Crippen molar-refractivity contribution in [3.63, 3.8) is 0 Å². The molecule has 0 aliphatic rings. The summed E-state index contributed by atoms with van der Waals surface area (Å²) in [4.78, 5) is 11.6. The summed E-state index contributed by atoms with van der Waals surface area (Å²) in [5.74, 6) is -13.4. The molecule has 27 heavy (non-hydrogen) atoms. The minimum Gasteiger partial charge on any atom is -0.465 e. The van der Waals surface area contributed by atoms with E-state index in [-0.39, 0.29) is 23.6 Å². The van der Waals surface area contributed by atoms with E-state index in [2.05, 4.69) is 4.74 Å². The fourth-order valence-corrected chi connectivity index (χ4v) is 2.75. The topological polar surface area (TPSA) is 26.3 Å². The van der Waals surface area contributed by atoms with E-state index in [0.29, 0.717) is 6.07 Å². The van der Waals surface area contributed by atoms with Gasteiger partial charge in [-0.05, 0) is 24.6 Å². The molecule has 10 heteroatoms. The first-order valence-corrected chi connectivity index (χ1v) is 8.21. The van der Waals surface area contributed by atoms with E-state index in [1.54, 1.807) is 0 Å². The number of carbonyl (C=O) groups excluding carboxylic acids is 1. The molecule has 0 N–H and O–H groups in total. The van der Waals surface area contributed by atoms with Gasteiger partial charge < -0.3 is 4.74 Å². The van der Waals surface area contributed by atoms with Gasteiger partial charge in [0, 0.05) is 17.0 Å². The predicted octanol–water partition coefficient (Wildman–Crippen LogP) is 5.55. The Hall–Kier alpha value is -1.93. The average molecular weight is 431 g/mol. The Labute approximate surface area is 159 Å². The molecular formula is C17H10Cl2F6O2. The minimum atomic E-state index is -2.37. The van der Waals surface area contributed by atoms with Crippen LogP contribution < -0.4 is 0 Å². The third-order valence-electron chi connectivity index (χ3n) is 3.56. The molecule has 0 saturated heterocycles. The van der Waals surface area contributed by atoms with Gasteiger partial charge in [-0.2, -0.15) is 0 Å². The van der Waals surface area contributed by atoms with Crippen LogP contribution in [-0.4, -0.2) is 18.0 Å². The molecule has 2 nitrogen and oxygen atoms in total. The molecule has 0 bridgehead atoms. The fraction of sp³-hybridized carbons (Fsp3) is 0.235. The number of benzene rings is 2. The lowest BCUT2D eigenvalue weighted by Gasteiger charge is -2.14. The lowest BCUT2D eigenvalue weighted by Crippen LogP contribution is -2.20. The van der Waals surface area contributed by atoms with Crippen molar-refractivity contribution in [2.75, 3.05) is 6.61 Å². The summed E-state index contributed by atoms with van der Waals surface area (Å²) in [6.07, 6.45) is -0.331. The SMILES string of the molecule is CCOC(=O)[C@H](Cl)Cc1cc(-c2c(F)c(F)c(F)c(F)c2F)c(F)cc1Cl. The molecule has 2 aromatic carbocycles. The summed E-state index contributed by atoms with van der Waals surface area (Å²) >= 11 is 11.7. The maximum atomic E-state index is 14.2. The second-order valence-corrected chi connectivity index (χ2v) is 6.23. The van der Waals surface area contributed by atoms with Gasteiger partial charge in [-0.1, -0.05) is 11.6 Å². The van der Waals surface area contributed by atoms with Crippen molar-refractivity contribution in [3.8, 4) is 11.1 Å². The highest BCUT2D eigenvalue weighted by atomic mass is 35.5. The number of carbonyl (C=O) groups is 1. The fourth-order valence-electron chi connectivity index (χ4n) is 2.29. The van der Waals surface area contributed by atoms with E-state index in [0.717, 1.165) is 6.07 Å². The molecule has 0 fully saturated rings. The summed E-state index contributed by atoms with van der Waals surface area (Å²) in [6, 6.07) is 1.39. The Kier molecular flexibility index (Phi) is 6.64. The number of halogens is 8. The first-order valence-electron chi connectivity index (χ1n) is 7.40. The van der Waals surface area contributed by atoms with Gasteiger partial charge in [0.25, 0.3) is 0 Å². The van der Waals surface area contributed by atoms with Crippen LogP contribution in [-0.2, 0) is 16.0 Å². The molecule has 0 amide bonds. The summed E-state index contributed by atoms with van der Waals surface area (Å²) < 4.78 is 86.8. The van der Waals surface area contributed by atoms with Crippen molar-refractivity contribution in [2.45, 2.75) is 18.7 Å². The maximum absolute atomic E-state index is 14.2. The normalized spacial score (nSPS) is 12.2. The van der Waals surface area contributed by atoms with Crippen LogP contribution in [0.3, 0.4) is 0 Å². The first kappa shape index (κ1) is 21.4.